The number of carbonyl (C=O) groups excluding carboxylic acids is 2. The highest BCUT2D eigenvalue weighted by Crippen LogP contribution is 2.30. The Kier molecular flexibility index (Phi) is 5.81. The minimum atomic E-state index is -3.98. The standard InChI is InChI=1S/C20H20F2N2O4S/c1-13(25)14-5-7-16(8-6-14)29(27,28)23(2)12-20(26)24-9-3-4-17-18(22)10-15(21)11-19(17)24/h5-8,10-11H,3-4,9,12H2,1-2H3. The van der Waals surface area contributed by atoms with Gasteiger partial charge in [-0.3, -0.25) is 9.59 Å². The topological polar surface area (TPSA) is 74.8 Å². The second kappa shape index (κ2) is 8.00. The van der Waals surface area contributed by atoms with Crippen LogP contribution in [0.5, 0.6) is 0 Å². The lowest BCUT2D eigenvalue weighted by Gasteiger charge is -2.31. The summed E-state index contributed by atoms with van der Waals surface area (Å²) < 4.78 is 54.0. The number of Topliss-reactive ketones (excluding diaryl/α,β-unsaturated/α-hetero) is 1. The zero-order valence-corrected chi connectivity index (χ0v) is 16.8. The minimum Gasteiger partial charge on any atom is -0.311 e. The number of likely N-dealkylation sites (N-methyl/N-ethyl adjacent to an activating group) is 1. The van der Waals surface area contributed by atoms with E-state index in [-0.39, 0.29) is 28.5 Å². The highest BCUT2D eigenvalue weighted by atomic mass is 32.2. The third-order valence-corrected chi connectivity index (χ3v) is 6.68. The number of nitrogens with zero attached hydrogens (tertiary/aromatic N) is 2. The molecule has 0 N–H and O–H groups in total. The molecule has 1 amide bonds. The number of hydrogen-bond donors (Lipinski definition) is 0. The number of rotatable bonds is 5. The van der Waals surface area contributed by atoms with Crippen LogP contribution in [0.1, 0.15) is 29.3 Å². The molecule has 0 aromatic heterocycles. The molecule has 1 aliphatic rings. The van der Waals surface area contributed by atoms with Gasteiger partial charge in [0.2, 0.25) is 15.9 Å². The van der Waals surface area contributed by atoms with Crippen molar-refractivity contribution in [2.24, 2.45) is 0 Å². The fourth-order valence-electron chi connectivity index (χ4n) is 3.27. The molecule has 29 heavy (non-hydrogen) atoms. The van der Waals surface area contributed by atoms with E-state index in [2.05, 4.69) is 0 Å². The fourth-order valence-corrected chi connectivity index (χ4v) is 4.39. The Hall–Kier alpha value is -2.65. The summed E-state index contributed by atoms with van der Waals surface area (Å²) in [4.78, 5) is 25.2. The number of amides is 1. The van der Waals surface area contributed by atoms with E-state index in [1.54, 1.807) is 0 Å². The quantitative estimate of drug-likeness (QED) is 0.695. The van der Waals surface area contributed by atoms with E-state index in [1.807, 2.05) is 0 Å². The van der Waals surface area contributed by atoms with Crippen molar-refractivity contribution in [2.75, 3.05) is 25.0 Å². The summed E-state index contributed by atoms with van der Waals surface area (Å²) in [6.07, 6.45) is 0.867. The lowest BCUT2D eigenvalue weighted by atomic mass is 10.0. The molecular formula is C20H20F2N2O4S. The Morgan fingerprint density at radius 1 is 1.14 bits per heavy atom. The first kappa shape index (κ1) is 21.1. The largest absolute Gasteiger partial charge is 0.311 e. The highest BCUT2D eigenvalue weighted by Gasteiger charge is 2.29. The molecule has 1 aliphatic heterocycles. The van der Waals surface area contributed by atoms with Crippen molar-refractivity contribution in [2.45, 2.75) is 24.7 Å². The first-order chi connectivity index (χ1) is 13.6. The average Bonchev–Trinajstić information content (AvgIpc) is 2.67. The number of carbonyl (C=O) groups is 2. The predicted molar refractivity (Wildman–Crippen MR) is 103 cm³/mol. The van der Waals surface area contributed by atoms with Gasteiger partial charge in [0.05, 0.1) is 17.1 Å². The van der Waals surface area contributed by atoms with Crippen LogP contribution in [-0.4, -0.2) is 44.6 Å². The third kappa shape index (κ3) is 4.20. The van der Waals surface area contributed by atoms with Gasteiger partial charge in [-0.05, 0) is 38.0 Å². The SMILES string of the molecule is CC(=O)c1ccc(S(=O)(=O)N(C)CC(=O)N2CCCc3c(F)cc(F)cc32)cc1. The van der Waals surface area contributed by atoms with Crippen LogP contribution in [0, 0.1) is 11.6 Å². The molecule has 3 rings (SSSR count). The van der Waals surface area contributed by atoms with Crippen LogP contribution in [0.3, 0.4) is 0 Å². The smallest absolute Gasteiger partial charge is 0.243 e. The Labute approximate surface area is 167 Å². The summed E-state index contributed by atoms with van der Waals surface area (Å²) in [6, 6.07) is 7.26. The van der Waals surface area contributed by atoms with Crippen LogP contribution in [0.15, 0.2) is 41.3 Å². The predicted octanol–water partition coefficient (Wildman–Crippen LogP) is 2.77. The van der Waals surface area contributed by atoms with E-state index < -0.39 is 34.1 Å². The van der Waals surface area contributed by atoms with Gasteiger partial charge < -0.3 is 4.90 Å². The molecule has 0 atom stereocenters. The molecule has 0 bridgehead atoms. The normalized spacial score (nSPS) is 14.0. The van der Waals surface area contributed by atoms with Gasteiger partial charge in [0.1, 0.15) is 11.6 Å². The molecule has 2 aromatic rings. The minimum absolute atomic E-state index is 0.0612. The van der Waals surface area contributed by atoms with Crippen LogP contribution >= 0.6 is 0 Å². The first-order valence-electron chi connectivity index (χ1n) is 8.97. The summed E-state index contributed by atoms with van der Waals surface area (Å²) in [5.41, 5.74) is 0.753. The van der Waals surface area contributed by atoms with Crippen LogP contribution in [-0.2, 0) is 21.2 Å². The highest BCUT2D eigenvalue weighted by molar-refractivity contribution is 7.89. The molecule has 2 aromatic carbocycles. The molecule has 0 radical (unpaired) electrons. The van der Waals surface area contributed by atoms with Gasteiger partial charge in [-0.2, -0.15) is 4.31 Å². The zero-order chi connectivity index (χ0) is 21.3. The van der Waals surface area contributed by atoms with Crippen LogP contribution in [0.4, 0.5) is 14.5 Å². The second-order valence-electron chi connectivity index (χ2n) is 6.88. The lowest BCUT2D eigenvalue weighted by Crippen LogP contribution is -2.43. The summed E-state index contributed by atoms with van der Waals surface area (Å²) in [5.74, 6) is -2.29. The van der Waals surface area contributed by atoms with Crippen LogP contribution < -0.4 is 4.90 Å². The molecule has 0 saturated heterocycles. The summed E-state index contributed by atoms with van der Waals surface area (Å²) in [6.45, 7) is 1.13. The second-order valence-corrected chi connectivity index (χ2v) is 8.92. The van der Waals surface area contributed by atoms with Crippen molar-refractivity contribution in [1.29, 1.82) is 0 Å². The molecule has 0 spiro atoms. The first-order valence-corrected chi connectivity index (χ1v) is 10.4. The third-order valence-electron chi connectivity index (χ3n) is 4.86. The van der Waals surface area contributed by atoms with Crippen molar-refractivity contribution >= 4 is 27.4 Å². The molecule has 0 saturated carbocycles. The summed E-state index contributed by atoms with van der Waals surface area (Å²) >= 11 is 0. The number of sulfonamides is 1. The molecule has 1 heterocycles. The van der Waals surface area contributed by atoms with E-state index in [9.17, 15) is 26.8 Å². The van der Waals surface area contributed by atoms with Crippen LogP contribution in [0.25, 0.3) is 0 Å². The van der Waals surface area contributed by atoms with E-state index in [0.717, 1.165) is 16.4 Å². The molecule has 0 unspecified atom stereocenters. The molecule has 154 valence electrons. The Morgan fingerprint density at radius 3 is 2.41 bits per heavy atom. The number of benzene rings is 2. The van der Waals surface area contributed by atoms with Gasteiger partial charge in [0.15, 0.2) is 5.78 Å². The molecule has 9 heteroatoms. The van der Waals surface area contributed by atoms with Gasteiger partial charge in [0.25, 0.3) is 0 Å². The van der Waals surface area contributed by atoms with Gasteiger partial charge in [-0.15, -0.1) is 0 Å². The molecule has 0 fully saturated rings. The van der Waals surface area contributed by atoms with Crippen molar-refractivity contribution in [3.63, 3.8) is 0 Å². The maximum atomic E-state index is 14.0. The monoisotopic (exact) mass is 422 g/mol. The zero-order valence-electron chi connectivity index (χ0n) is 16.0. The van der Waals surface area contributed by atoms with Crippen molar-refractivity contribution in [3.8, 4) is 0 Å². The van der Waals surface area contributed by atoms with E-state index in [1.165, 1.54) is 43.1 Å². The van der Waals surface area contributed by atoms with E-state index in [4.69, 9.17) is 0 Å². The Bertz CT molecular complexity index is 1070. The number of fused-ring (bicyclic) bond motifs is 1. The number of hydrogen-bond acceptors (Lipinski definition) is 4. The number of halogens is 2. The fraction of sp³-hybridized carbons (Fsp3) is 0.300. The maximum Gasteiger partial charge on any atom is 0.243 e. The molecular weight excluding hydrogens is 402 g/mol. The van der Waals surface area contributed by atoms with Gasteiger partial charge in [0, 0.05) is 30.8 Å². The maximum absolute atomic E-state index is 14.0. The lowest BCUT2D eigenvalue weighted by molar-refractivity contribution is -0.118. The number of anilines is 1. The van der Waals surface area contributed by atoms with Gasteiger partial charge >= 0.3 is 0 Å². The summed E-state index contributed by atoms with van der Waals surface area (Å²) in [7, 11) is -2.73. The van der Waals surface area contributed by atoms with Gasteiger partial charge in [-0.25, -0.2) is 17.2 Å². The van der Waals surface area contributed by atoms with Crippen molar-refractivity contribution in [1.82, 2.24) is 4.31 Å². The Morgan fingerprint density at radius 2 is 1.79 bits per heavy atom. The number of ketones is 1. The van der Waals surface area contributed by atoms with Crippen molar-refractivity contribution in [3.05, 3.63) is 59.2 Å². The van der Waals surface area contributed by atoms with Gasteiger partial charge in [-0.1, -0.05) is 12.1 Å². The van der Waals surface area contributed by atoms with E-state index >= 15 is 0 Å². The molecule has 0 aliphatic carbocycles. The van der Waals surface area contributed by atoms with Crippen LogP contribution in [0.2, 0.25) is 0 Å². The Balaban J connectivity index is 1.81. The average molecular weight is 422 g/mol. The molecule has 6 nitrogen and oxygen atoms in total. The van der Waals surface area contributed by atoms with Crippen molar-refractivity contribution < 1.29 is 26.8 Å². The van der Waals surface area contributed by atoms with E-state index in [0.29, 0.717) is 18.4 Å². The summed E-state index contributed by atoms with van der Waals surface area (Å²) in [5, 5.41) is 0.